The third kappa shape index (κ3) is 8.90. The van der Waals surface area contributed by atoms with Gasteiger partial charge < -0.3 is 30.5 Å². The Morgan fingerprint density at radius 1 is 0.862 bits per heavy atom. The monoisotopic (exact) mass is 834 g/mol. The van der Waals surface area contributed by atoms with E-state index >= 15 is 0 Å². The molecular formula is C39H42N6O11S2. The molecule has 2 heterocycles. The van der Waals surface area contributed by atoms with Gasteiger partial charge in [-0.15, -0.1) is 0 Å². The number of nitrogens with one attached hydrogen (secondary N) is 4. The van der Waals surface area contributed by atoms with Crippen molar-refractivity contribution in [1.82, 2.24) is 20.7 Å². The third-order valence-corrected chi connectivity index (χ3v) is 11.5. The minimum atomic E-state index is -5.19. The van der Waals surface area contributed by atoms with E-state index in [0.29, 0.717) is 19.6 Å². The largest absolute Gasteiger partial charge is 0.478 e. The van der Waals surface area contributed by atoms with Gasteiger partial charge in [0.1, 0.15) is 6.61 Å². The van der Waals surface area contributed by atoms with Crippen molar-refractivity contribution in [3.8, 4) is 22.5 Å². The average Bonchev–Trinajstić information content (AvgIpc) is 3.52. The van der Waals surface area contributed by atoms with Crippen LogP contribution in [0.5, 0.6) is 0 Å². The van der Waals surface area contributed by atoms with E-state index in [1.54, 1.807) is 7.05 Å². The molecule has 6 rings (SSSR count). The van der Waals surface area contributed by atoms with E-state index in [0.717, 1.165) is 67.6 Å². The molecule has 58 heavy (non-hydrogen) atoms. The first-order valence-corrected chi connectivity index (χ1v) is 21.0. The molecule has 19 heteroatoms. The van der Waals surface area contributed by atoms with Crippen molar-refractivity contribution in [1.29, 1.82) is 5.41 Å². The van der Waals surface area contributed by atoms with Gasteiger partial charge in [0.25, 0.3) is 26.1 Å². The third-order valence-electron chi connectivity index (χ3n) is 9.61. The highest BCUT2D eigenvalue weighted by atomic mass is 32.2. The van der Waals surface area contributed by atoms with Gasteiger partial charge in [0.2, 0.25) is 0 Å². The van der Waals surface area contributed by atoms with Gasteiger partial charge in [-0.2, -0.15) is 16.8 Å². The zero-order chi connectivity index (χ0) is 41.8. The Bertz CT molecular complexity index is 2780. The van der Waals surface area contributed by atoms with Crippen LogP contribution in [0.25, 0.3) is 44.3 Å². The highest BCUT2D eigenvalue weighted by molar-refractivity contribution is 7.86. The summed E-state index contributed by atoms with van der Waals surface area (Å²) in [6, 6.07) is 18.7. The predicted molar refractivity (Wildman–Crippen MR) is 215 cm³/mol. The quantitative estimate of drug-likeness (QED) is 0.0193. The molecule has 1 amide bonds. The number of carboxylic acid groups (broad SMARTS) is 1. The van der Waals surface area contributed by atoms with E-state index in [1.807, 2.05) is 12.1 Å². The fourth-order valence-electron chi connectivity index (χ4n) is 7.02. The number of anilines is 1. The molecule has 0 radical (unpaired) electrons. The summed E-state index contributed by atoms with van der Waals surface area (Å²) in [5.41, 5.74) is 8.90. The summed E-state index contributed by atoms with van der Waals surface area (Å²) in [4.78, 5) is 29.4. The summed E-state index contributed by atoms with van der Waals surface area (Å²) < 4.78 is 78.1. The molecule has 1 aliphatic carbocycles. The molecule has 9 N–H and O–H groups in total. The van der Waals surface area contributed by atoms with Gasteiger partial charge in [-0.25, -0.2) is 10.3 Å². The molecule has 17 nitrogen and oxygen atoms in total. The van der Waals surface area contributed by atoms with Crippen LogP contribution in [0.3, 0.4) is 0 Å². The van der Waals surface area contributed by atoms with E-state index in [2.05, 4.69) is 38.9 Å². The van der Waals surface area contributed by atoms with Gasteiger partial charge >= 0.3 is 5.97 Å². The summed E-state index contributed by atoms with van der Waals surface area (Å²) in [6.07, 6.45) is 3.24. The molecule has 0 fully saturated rings. The second kappa shape index (κ2) is 17.4. The summed E-state index contributed by atoms with van der Waals surface area (Å²) in [7, 11) is -8.61. The topological polar surface area (TPSA) is 276 Å². The highest BCUT2D eigenvalue weighted by Gasteiger charge is 2.32. The van der Waals surface area contributed by atoms with Crippen LogP contribution in [0.1, 0.15) is 52.1 Å². The molecule has 306 valence electrons. The number of nitrogens with zero attached hydrogens (tertiary/aromatic N) is 1. The lowest BCUT2D eigenvalue weighted by molar-refractivity contribution is 0.0408. The molecular weight excluding hydrogens is 793 g/mol. The standard InChI is InChI=1S/C39H42N6O11S2/c1-42-55-22-25-20-23-8-3-4-9-32(23)45(25)19-7-17-43-16-5-2-6-18-44-38(46)24-10-11-26(39(47)48)29(21-24)33-27-12-14-30(40)36(57(49,50)51)34(27)56-35-28(33)13-15-31(41)37(35)58(52,53)54/h3-4,8-15,20-21,40,42-43H,2,5-7,16-19,22,41H2,1H3,(H,44,46)(H,47,48)(H,49,50,51)(H,52,53,54). The summed E-state index contributed by atoms with van der Waals surface area (Å²) in [5.74, 6) is -2.71. The number of carbonyl (C=O) groups excluding carboxylic acids is 1. The van der Waals surface area contributed by atoms with Gasteiger partial charge in [-0.3, -0.25) is 24.1 Å². The number of unbranched alkanes of at least 4 members (excludes halogenated alkanes) is 2. The number of para-hydroxylation sites is 1. The van der Waals surface area contributed by atoms with E-state index < -0.39 is 64.3 Å². The minimum absolute atomic E-state index is 0.0254. The van der Waals surface area contributed by atoms with Crippen LogP contribution in [0, 0.1) is 5.41 Å². The molecule has 0 saturated heterocycles. The van der Waals surface area contributed by atoms with Gasteiger partial charge in [0.15, 0.2) is 21.1 Å². The van der Waals surface area contributed by atoms with Crippen LogP contribution in [0.4, 0.5) is 5.69 Å². The zero-order valence-electron chi connectivity index (χ0n) is 31.2. The molecule has 0 unspecified atom stereocenters. The van der Waals surface area contributed by atoms with Gasteiger partial charge in [-0.1, -0.05) is 24.6 Å². The highest BCUT2D eigenvalue weighted by Crippen LogP contribution is 2.45. The number of fused-ring (bicyclic) bond motifs is 3. The first kappa shape index (κ1) is 41.9. The fourth-order valence-corrected chi connectivity index (χ4v) is 8.50. The van der Waals surface area contributed by atoms with E-state index in [-0.39, 0.29) is 33.2 Å². The summed E-state index contributed by atoms with van der Waals surface area (Å²) in [6.45, 7) is 3.19. The number of aryl methyl sites for hydroxylation is 1. The van der Waals surface area contributed by atoms with Crippen LogP contribution in [-0.4, -0.2) is 74.2 Å². The number of benzene rings is 4. The number of rotatable bonds is 18. The molecule has 0 atom stereocenters. The van der Waals surface area contributed by atoms with Crippen LogP contribution in [-0.2, 0) is 38.2 Å². The number of hydrogen-bond acceptors (Lipinski definition) is 12. The number of aromatic nitrogens is 1. The normalized spacial score (nSPS) is 12.1. The Morgan fingerprint density at radius 2 is 1.59 bits per heavy atom. The maximum Gasteiger partial charge on any atom is 0.336 e. The maximum absolute atomic E-state index is 13.4. The van der Waals surface area contributed by atoms with Crippen molar-refractivity contribution in [3.05, 3.63) is 95.0 Å². The van der Waals surface area contributed by atoms with Crippen LogP contribution >= 0.6 is 0 Å². The summed E-state index contributed by atoms with van der Waals surface area (Å²) in [5, 5.41) is 25.0. The van der Waals surface area contributed by atoms with Crippen molar-refractivity contribution in [2.24, 2.45) is 0 Å². The van der Waals surface area contributed by atoms with Gasteiger partial charge in [0.05, 0.1) is 16.6 Å². The number of carboxylic acids is 1. The van der Waals surface area contributed by atoms with Crippen LogP contribution in [0.2, 0.25) is 0 Å². The second-order valence-electron chi connectivity index (χ2n) is 13.4. The van der Waals surface area contributed by atoms with E-state index in [9.17, 15) is 40.6 Å². The molecule has 0 spiro atoms. The van der Waals surface area contributed by atoms with Crippen LogP contribution < -0.4 is 27.2 Å². The lowest BCUT2D eigenvalue weighted by Gasteiger charge is -2.20. The number of hydroxylamine groups is 1. The number of aromatic carboxylic acids is 1. The first-order chi connectivity index (χ1) is 27.6. The first-order valence-electron chi connectivity index (χ1n) is 18.2. The number of hydrogen-bond donors (Lipinski definition) is 8. The Labute approximate surface area is 333 Å². The molecule has 1 aliphatic heterocycles. The molecule has 0 saturated carbocycles. The fraction of sp³-hybridized carbons (Fsp3) is 0.256. The number of carbonyl (C=O) groups is 2. The second-order valence-corrected chi connectivity index (χ2v) is 16.1. The Hall–Kier alpha value is -5.67. The molecule has 2 aliphatic rings. The number of nitrogens with two attached hydrogens (primary N) is 1. The van der Waals surface area contributed by atoms with E-state index in [1.165, 1.54) is 30.3 Å². The Morgan fingerprint density at radius 3 is 2.31 bits per heavy atom. The molecule has 0 bridgehead atoms. The molecule has 4 aromatic rings. The Balaban J connectivity index is 1.15. The zero-order valence-corrected chi connectivity index (χ0v) is 32.9. The van der Waals surface area contributed by atoms with Crippen LogP contribution in [0.15, 0.2) is 87.0 Å². The minimum Gasteiger partial charge on any atom is -0.478 e. The van der Waals surface area contributed by atoms with E-state index in [4.69, 9.17) is 20.4 Å². The number of nitrogen functional groups attached to an aromatic ring is 1. The maximum atomic E-state index is 13.4. The average molecular weight is 835 g/mol. The van der Waals surface area contributed by atoms with Gasteiger partial charge in [0, 0.05) is 53.4 Å². The van der Waals surface area contributed by atoms with Crippen molar-refractivity contribution >= 4 is 59.7 Å². The smallest absolute Gasteiger partial charge is 0.336 e. The molecule has 3 aromatic carbocycles. The van der Waals surface area contributed by atoms with Crippen molar-refractivity contribution in [3.63, 3.8) is 0 Å². The lowest BCUT2D eigenvalue weighted by Crippen LogP contribution is -2.25. The molecule has 1 aromatic heterocycles. The van der Waals surface area contributed by atoms with Crippen molar-refractivity contribution in [2.45, 2.75) is 48.6 Å². The summed E-state index contributed by atoms with van der Waals surface area (Å²) >= 11 is 0. The SMILES string of the molecule is CNOCc1cc2ccccc2n1CCCNCCCCCNC(=O)c1ccc(C(=O)O)c(-c2c3ccc(=N)c(S(=O)(=O)O)c-3oc3c(S(=O)(=O)O)c(N)ccc23)c1. The Kier molecular flexibility index (Phi) is 12.6. The van der Waals surface area contributed by atoms with Gasteiger partial charge in [-0.05, 0) is 97.9 Å². The lowest BCUT2D eigenvalue weighted by atomic mass is 9.89. The van der Waals surface area contributed by atoms with Crippen molar-refractivity contribution < 1.29 is 49.9 Å². The van der Waals surface area contributed by atoms with Crippen molar-refractivity contribution in [2.75, 3.05) is 32.4 Å². The number of amides is 1. The predicted octanol–water partition coefficient (Wildman–Crippen LogP) is 4.64.